The van der Waals surface area contributed by atoms with E-state index in [2.05, 4.69) is 31.3 Å². The van der Waals surface area contributed by atoms with Gasteiger partial charge >= 0.3 is 0 Å². The van der Waals surface area contributed by atoms with Gasteiger partial charge in [0.2, 0.25) is 11.0 Å². The van der Waals surface area contributed by atoms with Crippen molar-refractivity contribution in [2.24, 2.45) is 15.2 Å². The minimum absolute atomic E-state index is 0.374. The SMILES string of the molecule is c1ccc(N=N/C(=N\c2nc(-c3c[nH]c4ccccc34)cs2)c2ccco2)cc1. The number of nitrogens with one attached hydrogen (secondary N) is 1. The van der Waals surface area contributed by atoms with E-state index in [1.165, 1.54) is 11.3 Å². The summed E-state index contributed by atoms with van der Waals surface area (Å²) in [6.45, 7) is 0. The van der Waals surface area contributed by atoms with Crippen LogP contribution in [-0.2, 0) is 0 Å². The van der Waals surface area contributed by atoms with Gasteiger partial charge in [-0.2, -0.15) is 4.99 Å². The van der Waals surface area contributed by atoms with Crippen LogP contribution in [-0.4, -0.2) is 15.8 Å². The lowest BCUT2D eigenvalue weighted by Gasteiger charge is -1.96. The van der Waals surface area contributed by atoms with E-state index in [1.54, 1.807) is 18.4 Å². The predicted octanol–water partition coefficient (Wildman–Crippen LogP) is 6.75. The molecule has 0 fully saturated rings. The summed E-state index contributed by atoms with van der Waals surface area (Å²) in [5.41, 5.74) is 3.73. The van der Waals surface area contributed by atoms with Gasteiger partial charge in [0.1, 0.15) is 0 Å². The molecule has 0 unspecified atom stereocenters. The second kappa shape index (κ2) is 7.65. The Kier molecular flexibility index (Phi) is 4.56. The van der Waals surface area contributed by atoms with Crippen molar-refractivity contribution in [1.82, 2.24) is 9.97 Å². The zero-order valence-electron chi connectivity index (χ0n) is 15.2. The number of thiazole rings is 1. The number of aliphatic imine (C=N–C) groups is 1. The molecule has 0 spiro atoms. The number of benzene rings is 2. The molecule has 0 amide bonds. The standard InChI is InChI=1S/C22H15N5OS/c1-2-7-15(8-3-1)26-27-21(20-11-6-12-28-20)25-22-24-19(14-29-22)17-13-23-18-10-5-4-9-16(17)18/h1-14,23H/b25-21-,27-26?. The number of aromatic nitrogens is 2. The fourth-order valence-corrected chi connectivity index (χ4v) is 3.63. The summed E-state index contributed by atoms with van der Waals surface area (Å²) < 4.78 is 5.48. The Morgan fingerprint density at radius 2 is 1.83 bits per heavy atom. The van der Waals surface area contributed by atoms with Gasteiger partial charge in [-0.05, 0) is 30.3 Å². The minimum Gasteiger partial charge on any atom is -0.461 e. The van der Waals surface area contributed by atoms with Crippen LogP contribution in [0.4, 0.5) is 10.8 Å². The van der Waals surface area contributed by atoms with E-state index in [0.717, 1.165) is 27.8 Å². The van der Waals surface area contributed by atoms with Crippen molar-refractivity contribution in [3.8, 4) is 11.3 Å². The maximum Gasteiger partial charge on any atom is 0.220 e. The number of furan rings is 1. The van der Waals surface area contributed by atoms with Crippen molar-refractivity contribution in [2.45, 2.75) is 0 Å². The third-order valence-electron chi connectivity index (χ3n) is 4.32. The monoisotopic (exact) mass is 397 g/mol. The number of fused-ring (bicyclic) bond motifs is 1. The van der Waals surface area contributed by atoms with Crippen LogP contribution in [0.25, 0.3) is 22.2 Å². The Morgan fingerprint density at radius 3 is 2.69 bits per heavy atom. The molecular formula is C22H15N5OS. The van der Waals surface area contributed by atoms with E-state index >= 15 is 0 Å². The molecule has 0 saturated heterocycles. The van der Waals surface area contributed by atoms with Crippen LogP contribution in [0.1, 0.15) is 5.76 Å². The maximum absolute atomic E-state index is 5.48. The van der Waals surface area contributed by atoms with Crippen LogP contribution in [0.5, 0.6) is 0 Å². The van der Waals surface area contributed by atoms with Gasteiger partial charge in [-0.3, -0.25) is 0 Å². The quantitative estimate of drug-likeness (QED) is 0.207. The van der Waals surface area contributed by atoms with E-state index in [-0.39, 0.29) is 0 Å². The normalized spacial score (nSPS) is 12.2. The molecule has 0 saturated carbocycles. The molecule has 140 valence electrons. The Balaban J connectivity index is 1.50. The van der Waals surface area contributed by atoms with Crippen molar-refractivity contribution >= 4 is 38.9 Å². The fraction of sp³-hybridized carbons (Fsp3) is 0. The second-order valence-corrected chi connectivity index (χ2v) is 7.05. The third kappa shape index (κ3) is 3.63. The molecule has 0 aliphatic heterocycles. The van der Waals surface area contributed by atoms with Gasteiger partial charge < -0.3 is 9.40 Å². The molecule has 0 aliphatic rings. The molecule has 3 heterocycles. The zero-order chi connectivity index (χ0) is 19.5. The molecule has 5 aromatic rings. The van der Waals surface area contributed by atoms with E-state index in [0.29, 0.717) is 16.7 Å². The first-order valence-electron chi connectivity index (χ1n) is 8.98. The van der Waals surface area contributed by atoms with Crippen molar-refractivity contribution < 1.29 is 4.42 Å². The Hall–Kier alpha value is -3.84. The zero-order valence-corrected chi connectivity index (χ0v) is 16.0. The number of azo groups is 1. The van der Waals surface area contributed by atoms with Gasteiger partial charge in [-0.15, -0.1) is 21.6 Å². The average Bonchev–Trinajstić information content (AvgIpc) is 3.52. The Labute approximate surface area is 170 Å². The number of amidine groups is 1. The largest absolute Gasteiger partial charge is 0.461 e. The Morgan fingerprint density at radius 1 is 0.966 bits per heavy atom. The van der Waals surface area contributed by atoms with E-state index in [1.807, 2.05) is 60.1 Å². The molecule has 6 nitrogen and oxygen atoms in total. The van der Waals surface area contributed by atoms with Crippen LogP contribution in [0.15, 0.2) is 104 Å². The van der Waals surface area contributed by atoms with Gasteiger partial charge in [0, 0.05) is 28.0 Å². The molecule has 7 heteroatoms. The lowest BCUT2D eigenvalue weighted by molar-refractivity contribution is 0.556. The second-order valence-electron chi connectivity index (χ2n) is 6.21. The van der Waals surface area contributed by atoms with Crippen LogP contribution >= 0.6 is 11.3 Å². The van der Waals surface area contributed by atoms with Gasteiger partial charge in [0.05, 0.1) is 17.6 Å². The molecule has 5 rings (SSSR count). The third-order valence-corrected chi connectivity index (χ3v) is 5.05. The molecule has 0 radical (unpaired) electrons. The topological polar surface area (TPSA) is 78.9 Å². The molecule has 3 aromatic heterocycles. The van der Waals surface area contributed by atoms with Gasteiger partial charge in [-0.1, -0.05) is 36.4 Å². The van der Waals surface area contributed by atoms with E-state index < -0.39 is 0 Å². The Bertz CT molecular complexity index is 1300. The minimum atomic E-state index is 0.374. The first-order valence-corrected chi connectivity index (χ1v) is 9.86. The summed E-state index contributed by atoms with van der Waals surface area (Å²) in [7, 11) is 0. The first kappa shape index (κ1) is 17.3. The smallest absolute Gasteiger partial charge is 0.220 e. The highest BCUT2D eigenvalue weighted by molar-refractivity contribution is 7.13. The highest BCUT2D eigenvalue weighted by Gasteiger charge is 2.12. The summed E-state index contributed by atoms with van der Waals surface area (Å²) in [6, 6.07) is 21.2. The summed E-state index contributed by atoms with van der Waals surface area (Å²) in [5, 5.41) is 12.3. The van der Waals surface area contributed by atoms with Crippen molar-refractivity contribution in [3.05, 3.63) is 90.3 Å². The van der Waals surface area contributed by atoms with Crippen molar-refractivity contribution in [2.75, 3.05) is 0 Å². The number of nitrogens with zero attached hydrogens (tertiary/aromatic N) is 4. The maximum atomic E-state index is 5.48. The van der Waals surface area contributed by atoms with Gasteiger partial charge in [0.15, 0.2) is 5.76 Å². The molecule has 2 aromatic carbocycles. The molecule has 0 bridgehead atoms. The molecule has 1 N–H and O–H groups in total. The summed E-state index contributed by atoms with van der Waals surface area (Å²) in [4.78, 5) is 12.5. The first-order chi connectivity index (χ1) is 14.4. The van der Waals surface area contributed by atoms with Crippen molar-refractivity contribution in [1.29, 1.82) is 0 Å². The fourth-order valence-electron chi connectivity index (χ4n) is 2.95. The van der Waals surface area contributed by atoms with Crippen LogP contribution in [0, 0.1) is 0 Å². The molecule has 29 heavy (non-hydrogen) atoms. The number of hydrogen-bond donors (Lipinski definition) is 1. The predicted molar refractivity (Wildman–Crippen MR) is 115 cm³/mol. The number of H-pyrrole nitrogens is 1. The summed E-state index contributed by atoms with van der Waals surface area (Å²) in [6.07, 6.45) is 3.55. The van der Waals surface area contributed by atoms with Crippen LogP contribution in [0.3, 0.4) is 0 Å². The number of para-hydroxylation sites is 1. The van der Waals surface area contributed by atoms with E-state index in [9.17, 15) is 0 Å². The number of rotatable bonds is 4. The average molecular weight is 397 g/mol. The van der Waals surface area contributed by atoms with Gasteiger partial charge in [-0.25, -0.2) is 4.98 Å². The lowest BCUT2D eigenvalue weighted by Crippen LogP contribution is -1.93. The van der Waals surface area contributed by atoms with Crippen LogP contribution < -0.4 is 0 Å². The van der Waals surface area contributed by atoms with Crippen LogP contribution in [0.2, 0.25) is 0 Å². The molecular weight excluding hydrogens is 382 g/mol. The lowest BCUT2D eigenvalue weighted by atomic mass is 10.1. The molecule has 0 aliphatic carbocycles. The summed E-state index contributed by atoms with van der Waals surface area (Å²) in [5.74, 6) is 0.909. The number of hydrogen-bond acceptors (Lipinski definition) is 5. The summed E-state index contributed by atoms with van der Waals surface area (Å²) >= 11 is 1.45. The highest BCUT2D eigenvalue weighted by atomic mass is 32.1. The highest BCUT2D eigenvalue weighted by Crippen LogP contribution is 2.32. The van der Waals surface area contributed by atoms with Crippen molar-refractivity contribution in [3.63, 3.8) is 0 Å². The van der Waals surface area contributed by atoms with Gasteiger partial charge in [0.25, 0.3) is 0 Å². The molecule has 0 atom stereocenters. The van der Waals surface area contributed by atoms with E-state index in [4.69, 9.17) is 4.42 Å². The number of aromatic amines is 1.